The minimum Gasteiger partial charge on any atom is -0.444 e. The summed E-state index contributed by atoms with van der Waals surface area (Å²) in [6.45, 7) is 21.0. The molecule has 6 nitrogen and oxygen atoms in total. The van der Waals surface area contributed by atoms with Crippen molar-refractivity contribution in [1.82, 2.24) is 5.32 Å². The van der Waals surface area contributed by atoms with Gasteiger partial charge in [-0.1, -0.05) is 39.0 Å². The fraction of sp³-hybridized carbons (Fsp3) is 0.773. The van der Waals surface area contributed by atoms with Crippen molar-refractivity contribution >= 4 is 14.4 Å². The Morgan fingerprint density at radius 2 is 1.72 bits per heavy atom. The normalized spacial score (nSPS) is 23.1. The highest BCUT2D eigenvalue weighted by Gasteiger charge is 2.43. The minimum absolute atomic E-state index is 0.140. The van der Waals surface area contributed by atoms with E-state index in [0.717, 1.165) is 0 Å². The number of hydrogen-bond donors (Lipinski definition) is 1. The molecule has 0 spiro atoms. The smallest absolute Gasteiger partial charge is 0.411 e. The Hall–Kier alpha value is -1.15. The zero-order chi connectivity index (χ0) is 22.5. The van der Waals surface area contributed by atoms with E-state index in [1.54, 1.807) is 6.20 Å². The van der Waals surface area contributed by atoms with Crippen LogP contribution >= 0.6 is 0 Å². The Labute approximate surface area is 178 Å². The van der Waals surface area contributed by atoms with Gasteiger partial charge in [0, 0.05) is 6.20 Å². The van der Waals surface area contributed by atoms with Gasteiger partial charge in [0.15, 0.2) is 14.1 Å². The van der Waals surface area contributed by atoms with E-state index in [9.17, 15) is 4.79 Å². The number of amides is 1. The lowest BCUT2D eigenvalue weighted by Gasteiger charge is -2.37. The first-order valence-electron chi connectivity index (χ1n) is 10.3. The Kier molecular flexibility index (Phi) is 8.72. The summed E-state index contributed by atoms with van der Waals surface area (Å²) < 4.78 is 23.6. The summed E-state index contributed by atoms with van der Waals surface area (Å²) in [7, 11) is -1.85. The largest absolute Gasteiger partial charge is 0.444 e. The van der Waals surface area contributed by atoms with Crippen LogP contribution in [0.4, 0.5) is 4.79 Å². The molecule has 0 unspecified atom stereocenters. The Bertz CT molecular complexity index is 599. The molecule has 0 aliphatic carbocycles. The zero-order valence-corrected chi connectivity index (χ0v) is 20.9. The maximum atomic E-state index is 11.6. The van der Waals surface area contributed by atoms with Crippen molar-refractivity contribution in [2.24, 2.45) is 0 Å². The molecule has 168 valence electrons. The molecule has 1 heterocycles. The van der Waals surface area contributed by atoms with Crippen LogP contribution in [0.1, 0.15) is 61.8 Å². The minimum atomic E-state index is -1.85. The van der Waals surface area contributed by atoms with Crippen molar-refractivity contribution in [2.45, 2.75) is 104 Å². The molecule has 0 aromatic carbocycles. The molecule has 1 rings (SSSR count). The van der Waals surface area contributed by atoms with E-state index in [2.05, 4.69) is 39.2 Å². The summed E-state index contributed by atoms with van der Waals surface area (Å²) >= 11 is 0. The van der Waals surface area contributed by atoms with E-state index in [0.29, 0.717) is 13.0 Å². The summed E-state index contributed by atoms with van der Waals surface area (Å²) in [5.74, 6) is -0.634. The fourth-order valence-corrected chi connectivity index (χ4v) is 3.47. The summed E-state index contributed by atoms with van der Waals surface area (Å²) in [5, 5.41) is 2.75. The summed E-state index contributed by atoms with van der Waals surface area (Å²) in [4.78, 5) is 11.6. The lowest BCUT2D eigenvalue weighted by molar-refractivity contribution is -0.145. The van der Waals surface area contributed by atoms with E-state index in [4.69, 9.17) is 18.6 Å². The predicted octanol–water partition coefficient (Wildman–Crippen LogP) is 5.51. The highest BCUT2D eigenvalue weighted by molar-refractivity contribution is 6.74. The molecule has 1 fully saturated rings. The van der Waals surface area contributed by atoms with Crippen LogP contribution in [0.5, 0.6) is 0 Å². The molecule has 0 radical (unpaired) electrons. The van der Waals surface area contributed by atoms with Crippen LogP contribution in [-0.2, 0) is 18.6 Å². The quantitative estimate of drug-likeness (QED) is 0.428. The second-order valence-corrected chi connectivity index (χ2v) is 15.2. The van der Waals surface area contributed by atoms with Gasteiger partial charge in [0.25, 0.3) is 0 Å². The van der Waals surface area contributed by atoms with Crippen molar-refractivity contribution in [1.29, 1.82) is 0 Å². The monoisotopic (exact) mass is 427 g/mol. The second kappa shape index (κ2) is 9.77. The molecule has 29 heavy (non-hydrogen) atoms. The standard InChI is InChI=1S/C22H41NO5Si/c1-20(2,3)28-19(24)23-15-13-11-12-14-17-18(27-22(7,8)26-17)16-25-29(9,10)21(4,5)6/h12-15,17-18H,11,16H2,1-10H3,(H,23,24)/b14-12+,15-13+/t17-,18-/m1/s1. The van der Waals surface area contributed by atoms with Gasteiger partial charge in [-0.2, -0.15) is 0 Å². The molecule has 1 aliphatic heterocycles. The van der Waals surface area contributed by atoms with Gasteiger partial charge in [0.05, 0.1) is 6.61 Å². The first kappa shape index (κ1) is 25.9. The molecule has 0 aromatic rings. The summed E-state index contributed by atoms with van der Waals surface area (Å²) in [5.41, 5.74) is -0.508. The van der Waals surface area contributed by atoms with Gasteiger partial charge in [0.2, 0.25) is 0 Å². The summed E-state index contributed by atoms with van der Waals surface area (Å²) in [6.07, 6.45) is 7.34. The third-order valence-electron chi connectivity index (χ3n) is 4.95. The highest BCUT2D eigenvalue weighted by atomic mass is 28.4. The number of nitrogens with one attached hydrogen (secondary N) is 1. The van der Waals surface area contributed by atoms with E-state index in [1.165, 1.54) is 0 Å². The van der Waals surface area contributed by atoms with E-state index < -0.39 is 25.8 Å². The van der Waals surface area contributed by atoms with Crippen LogP contribution in [-0.4, -0.2) is 44.6 Å². The topological polar surface area (TPSA) is 66.0 Å². The third-order valence-corrected chi connectivity index (χ3v) is 9.45. The molecule has 0 bridgehead atoms. The van der Waals surface area contributed by atoms with Crippen LogP contribution in [0, 0.1) is 0 Å². The maximum Gasteiger partial charge on any atom is 0.411 e. The number of ether oxygens (including phenoxy) is 3. The van der Waals surface area contributed by atoms with Gasteiger partial charge >= 0.3 is 6.09 Å². The SMILES string of the molecule is CC(C)(C)OC(=O)N/C=C/C/C=C/[C@H]1OC(C)(C)O[C@@H]1CO[Si](C)(C)C(C)(C)C. The van der Waals surface area contributed by atoms with Crippen LogP contribution < -0.4 is 5.32 Å². The van der Waals surface area contributed by atoms with Gasteiger partial charge in [0.1, 0.15) is 17.8 Å². The summed E-state index contributed by atoms with van der Waals surface area (Å²) in [6, 6.07) is 0. The van der Waals surface area contributed by atoms with Crippen LogP contribution in [0.15, 0.2) is 24.4 Å². The zero-order valence-electron chi connectivity index (χ0n) is 19.9. The van der Waals surface area contributed by atoms with Gasteiger partial charge < -0.3 is 18.6 Å². The van der Waals surface area contributed by atoms with Crippen molar-refractivity contribution in [3.05, 3.63) is 24.4 Å². The molecule has 0 saturated carbocycles. The number of carbonyl (C=O) groups is 1. The van der Waals surface area contributed by atoms with Crippen LogP contribution in [0.2, 0.25) is 18.1 Å². The number of allylic oxidation sites excluding steroid dienone is 2. The van der Waals surface area contributed by atoms with Crippen molar-refractivity contribution in [3.63, 3.8) is 0 Å². The van der Waals surface area contributed by atoms with Gasteiger partial charge in [-0.05, 0) is 59.2 Å². The van der Waals surface area contributed by atoms with Crippen LogP contribution in [0.25, 0.3) is 0 Å². The second-order valence-electron chi connectivity index (χ2n) is 10.4. The Morgan fingerprint density at radius 3 is 2.28 bits per heavy atom. The van der Waals surface area contributed by atoms with E-state index in [-0.39, 0.29) is 17.2 Å². The average Bonchev–Trinajstić information content (AvgIpc) is 2.80. The lowest BCUT2D eigenvalue weighted by Crippen LogP contribution is -2.43. The molecule has 2 atom stereocenters. The highest BCUT2D eigenvalue weighted by Crippen LogP contribution is 2.38. The first-order valence-corrected chi connectivity index (χ1v) is 13.2. The number of hydrogen-bond acceptors (Lipinski definition) is 5. The van der Waals surface area contributed by atoms with Crippen LogP contribution in [0.3, 0.4) is 0 Å². The van der Waals surface area contributed by atoms with Crippen molar-refractivity contribution < 1.29 is 23.4 Å². The maximum absolute atomic E-state index is 11.6. The molecular formula is C22H41NO5Si. The van der Waals surface area contributed by atoms with Gasteiger partial charge in [-0.15, -0.1) is 0 Å². The molecule has 1 amide bonds. The first-order chi connectivity index (χ1) is 13.0. The molecular weight excluding hydrogens is 386 g/mol. The Morgan fingerprint density at radius 1 is 1.10 bits per heavy atom. The van der Waals surface area contributed by atoms with Crippen molar-refractivity contribution in [3.8, 4) is 0 Å². The Balaban J connectivity index is 2.55. The molecule has 1 aliphatic rings. The third kappa shape index (κ3) is 9.46. The molecule has 0 aromatic heterocycles. The number of carbonyl (C=O) groups excluding carboxylic acids is 1. The van der Waals surface area contributed by atoms with Gasteiger partial charge in [-0.3, -0.25) is 5.32 Å². The van der Waals surface area contributed by atoms with E-state index in [1.807, 2.05) is 52.8 Å². The predicted molar refractivity (Wildman–Crippen MR) is 119 cm³/mol. The van der Waals surface area contributed by atoms with E-state index >= 15 is 0 Å². The van der Waals surface area contributed by atoms with Crippen molar-refractivity contribution in [2.75, 3.05) is 6.61 Å². The lowest BCUT2D eigenvalue weighted by atomic mass is 10.2. The number of alkyl carbamates (subject to hydrolysis) is 1. The fourth-order valence-electron chi connectivity index (χ4n) is 2.46. The molecule has 7 heteroatoms. The molecule has 1 saturated heterocycles. The number of rotatable bonds is 7. The molecule has 1 N–H and O–H groups in total. The average molecular weight is 428 g/mol. The van der Waals surface area contributed by atoms with Gasteiger partial charge in [-0.25, -0.2) is 4.79 Å².